The van der Waals surface area contributed by atoms with Gasteiger partial charge in [-0.05, 0) is 31.3 Å². The Morgan fingerprint density at radius 1 is 1.04 bits per heavy atom. The van der Waals surface area contributed by atoms with E-state index in [2.05, 4.69) is 5.32 Å². The van der Waals surface area contributed by atoms with E-state index in [1.165, 1.54) is 4.31 Å². The summed E-state index contributed by atoms with van der Waals surface area (Å²) in [5.74, 6) is -1.70. The van der Waals surface area contributed by atoms with Crippen LogP contribution in [-0.2, 0) is 10.2 Å². The van der Waals surface area contributed by atoms with Crippen LogP contribution in [0, 0.1) is 11.6 Å². The van der Waals surface area contributed by atoms with Crippen LogP contribution in [0.5, 0.6) is 0 Å². The minimum absolute atomic E-state index is 0. The molecule has 0 fully saturated rings. The number of hydrogen-bond acceptors (Lipinski definition) is 3. The van der Waals surface area contributed by atoms with Crippen molar-refractivity contribution in [2.45, 2.75) is 0 Å². The number of nitrogens with one attached hydrogen (secondary N) is 1. The molecule has 0 saturated heterocycles. The van der Waals surface area contributed by atoms with Gasteiger partial charge in [0.1, 0.15) is 5.82 Å². The Labute approximate surface area is 157 Å². The fourth-order valence-corrected chi connectivity index (χ4v) is 4.33. The van der Waals surface area contributed by atoms with E-state index < -0.39 is 21.8 Å². The first-order valence-corrected chi connectivity index (χ1v) is 9.03. The third-order valence-electron chi connectivity index (χ3n) is 3.77. The van der Waals surface area contributed by atoms with Crippen LogP contribution in [0.15, 0.2) is 54.6 Å². The first-order valence-electron chi connectivity index (χ1n) is 7.63. The van der Waals surface area contributed by atoms with E-state index in [9.17, 15) is 17.2 Å². The first-order chi connectivity index (χ1) is 12.0. The molecule has 0 saturated carbocycles. The second-order valence-corrected chi connectivity index (χ2v) is 7.12. The van der Waals surface area contributed by atoms with Crippen molar-refractivity contribution in [3.8, 4) is 0 Å². The van der Waals surface area contributed by atoms with Crippen LogP contribution in [0.2, 0.25) is 0 Å². The third kappa shape index (κ3) is 3.53. The first kappa shape index (κ1) is 20.2. The molecule has 2 aromatic rings. The molecule has 1 heterocycles. The minimum atomic E-state index is -4.03. The maximum Gasteiger partial charge on any atom is 0.331 e. The lowest BCUT2D eigenvalue weighted by Crippen LogP contribution is -2.35. The van der Waals surface area contributed by atoms with Crippen LogP contribution in [0.1, 0.15) is 0 Å². The largest absolute Gasteiger partial charge is 0.331 e. The summed E-state index contributed by atoms with van der Waals surface area (Å²) >= 11 is 0. The summed E-state index contributed by atoms with van der Waals surface area (Å²) in [5.41, 5.74) is 0.561. The Bertz CT molecular complexity index is 922. The van der Waals surface area contributed by atoms with Gasteiger partial charge < -0.3 is 5.32 Å². The molecule has 0 aromatic heterocycles. The molecule has 2 aromatic carbocycles. The highest BCUT2D eigenvalue weighted by Crippen LogP contribution is 2.45. The number of para-hydroxylation sites is 2. The lowest BCUT2D eigenvalue weighted by molar-refractivity contribution is 0.579. The van der Waals surface area contributed by atoms with Crippen LogP contribution in [-0.4, -0.2) is 28.6 Å². The molecule has 1 aliphatic rings. The Morgan fingerprint density at radius 2 is 1.73 bits per heavy atom. The standard InChI is InChI=1S/C17H17F2N3O2S.ClH/c1-20-10-4-5-11-21-16-6-2-3-7-17(16)22(25(21,23)24)15-9-8-13(18)12-14(15)19;/h2-9,12,20H,10-11H2,1H3;1H/b5-4+;. The quantitative estimate of drug-likeness (QED) is 0.781. The lowest BCUT2D eigenvalue weighted by Gasteiger charge is -2.21. The molecule has 0 radical (unpaired) electrons. The van der Waals surface area contributed by atoms with Gasteiger partial charge in [0.15, 0.2) is 5.82 Å². The number of fused-ring (bicyclic) bond motifs is 1. The summed E-state index contributed by atoms with van der Waals surface area (Å²) in [5, 5.41) is 2.93. The van der Waals surface area contributed by atoms with Gasteiger partial charge in [0.05, 0.1) is 23.6 Å². The minimum Gasteiger partial charge on any atom is -0.316 e. The number of rotatable bonds is 5. The third-order valence-corrected chi connectivity index (χ3v) is 5.52. The highest BCUT2D eigenvalue weighted by atomic mass is 35.5. The molecule has 0 amide bonds. The number of hydrogen-bond donors (Lipinski definition) is 1. The van der Waals surface area contributed by atoms with E-state index in [0.717, 1.165) is 16.4 Å². The normalized spacial score (nSPS) is 15.2. The number of anilines is 3. The van der Waals surface area contributed by atoms with E-state index >= 15 is 0 Å². The average molecular weight is 402 g/mol. The maximum absolute atomic E-state index is 14.2. The molecule has 5 nitrogen and oxygen atoms in total. The predicted molar refractivity (Wildman–Crippen MR) is 102 cm³/mol. The molecular weight excluding hydrogens is 384 g/mol. The maximum atomic E-state index is 14.2. The van der Waals surface area contributed by atoms with Gasteiger partial charge >= 0.3 is 10.2 Å². The fourth-order valence-electron chi connectivity index (χ4n) is 2.66. The van der Waals surface area contributed by atoms with Gasteiger partial charge in [-0.2, -0.15) is 8.42 Å². The molecular formula is C17H18ClF2N3O2S. The van der Waals surface area contributed by atoms with Crippen LogP contribution < -0.4 is 13.9 Å². The predicted octanol–water partition coefficient (Wildman–Crippen LogP) is 3.37. The Hall–Kier alpha value is -2.16. The molecule has 0 bridgehead atoms. The Morgan fingerprint density at radius 3 is 2.38 bits per heavy atom. The van der Waals surface area contributed by atoms with Crippen molar-refractivity contribution in [3.05, 3.63) is 66.3 Å². The average Bonchev–Trinajstić information content (AvgIpc) is 2.79. The Balaban J connectivity index is 0.00000243. The summed E-state index contributed by atoms with van der Waals surface area (Å²) < 4.78 is 55.5. The molecule has 0 atom stereocenters. The van der Waals surface area contributed by atoms with Crippen molar-refractivity contribution < 1.29 is 17.2 Å². The highest BCUT2D eigenvalue weighted by Gasteiger charge is 2.41. The monoisotopic (exact) mass is 401 g/mol. The van der Waals surface area contributed by atoms with Crippen LogP contribution >= 0.6 is 12.4 Å². The van der Waals surface area contributed by atoms with Gasteiger partial charge in [0, 0.05) is 12.6 Å². The summed E-state index contributed by atoms with van der Waals surface area (Å²) in [6, 6.07) is 9.45. The van der Waals surface area contributed by atoms with E-state index in [1.807, 2.05) is 0 Å². The Kier molecular flexibility index (Phi) is 6.22. The van der Waals surface area contributed by atoms with Gasteiger partial charge in [-0.3, -0.25) is 0 Å². The molecule has 3 rings (SSSR count). The van der Waals surface area contributed by atoms with Gasteiger partial charge in [-0.15, -0.1) is 12.4 Å². The summed E-state index contributed by atoms with van der Waals surface area (Å²) in [6.45, 7) is 0.714. The zero-order chi connectivity index (χ0) is 18.0. The van der Waals surface area contributed by atoms with E-state index in [-0.39, 0.29) is 24.6 Å². The molecule has 0 spiro atoms. The van der Waals surface area contributed by atoms with Crippen molar-refractivity contribution in [3.63, 3.8) is 0 Å². The van der Waals surface area contributed by atoms with Crippen molar-refractivity contribution >= 4 is 39.7 Å². The number of benzene rings is 2. The SMILES string of the molecule is CNC/C=C/CN1c2ccccc2N(c2ccc(F)cc2F)S1(=O)=O.Cl. The van der Waals surface area contributed by atoms with Gasteiger partial charge in [0.25, 0.3) is 0 Å². The van der Waals surface area contributed by atoms with Crippen LogP contribution in [0.4, 0.5) is 25.8 Å². The fraction of sp³-hybridized carbons (Fsp3) is 0.176. The van der Waals surface area contributed by atoms with Gasteiger partial charge in [0.2, 0.25) is 0 Å². The molecule has 1 N–H and O–H groups in total. The lowest BCUT2D eigenvalue weighted by atomic mass is 10.2. The molecule has 9 heteroatoms. The molecule has 0 aliphatic carbocycles. The molecule has 0 unspecified atom stereocenters. The molecule has 140 valence electrons. The molecule has 1 aliphatic heterocycles. The number of nitrogens with zero attached hydrogens (tertiary/aromatic N) is 2. The zero-order valence-electron chi connectivity index (χ0n) is 13.9. The zero-order valence-corrected chi connectivity index (χ0v) is 15.5. The van der Waals surface area contributed by atoms with Crippen molar-refractivity contribution in [1.82, 2.24) is 5.32 Å². The topological polar surface area (TPSA) is 52.6 Å². The number of halogens is 3. The second kappa shape index (κ2) is 8.03. The summed E-state index contributed by atoms with van der Waals surface area (Å²) in [4.78, 5) is 0. The second-order valence-electron chi connectivity index (χ2n) is 5.42. The number of likely N-dealkylation sites (N-methyl/N-ethyl adjacent to an activating group) is 1. The molecule has 26 heavy (non-hydrogen) atoms. The van der Waals surface area contributed by atoms with E-state index in [4.69, 9.17) is 0 Å². The van der Waals surface area contributed by atoms with E-state index in [1.54, 1.807) is 43.5 Å². The van der Waals surface area contributed by atoms with Crippen LogP contribution in [0.3, 0.4) is 0 Å². The van der Waals surface area contributed by atoms with Crippen LogP contribution in [0.25, 0.3) is 0 Å². The van der Waals surface area contributed by atoms with Crippen molar-refractivity contribution in [1.29, 1.82) is 0 Å². The van der Waals surface area contributed by atoms with Crippen molar-refractivity contribution in [2.75, 3.05) is 28.7 Å². The highest BCUT2D eigenvalue weighted by molar-refractivity contribution is 7.95. The summed E-state index contributed by atoms with van der Waals surface area (Å²) in [6.07, 6.45) is 3.52. The van der Waals surface area contributed by atoms with Gasteiger partial charge in [-0.1, -0.05) is 24.3 Å². The van der Waals surface area contributed by atoms with Gasteiger partial charge in [-0.25, -0.2) is 17.4 Å². The summed E-state index contributed by atoms with van der Waals surface area (Å²) in [7, 11) is -2.25. The van der Waals surface area contributed by atoms with E-state index in [0.29, 0.717) is 24.0 Å². The smallest absolute Gasteiger partial charge is 0.316 e. The van der Waals surface area contributed by atoms with Crippen molar-refractivity contribution in [2.24, 2.45) is 0 Å².